The van der Waals surface area contributed by atoms with E-state index in [0.717, 1.165) is 6.07 Å². The summed E-state index contributed by atoms with van der Waals surface area (Å²) in [5.74, 6) is -1.26. The van der Waals surface area contributed by atoms with Crippen LogP contribution in [0.1, 0.15) is 0 Å². The highest BCUT2D eigenvalue weighted by molar-refractivity contribution is 9.10. The zero-order chi connectivity index (χ0) is 10.3. The maximum absolute atomic E-state index is 13.1. The highest BCUT2D eigenvalue weighted by Gasteiger charge is 2.37. The SMILES string of the molecule is Fc1cc(Br)cc2c1OC(F)(F)CN2. The maximum Gasteiger partial charge on any atom is 0.415 e. The Morgan fingerprint density at radius 2 is 2.14 bits per heavy atom. The van der Waals surface area contributed by atoms with Crippen molar-refractivity contribution >= 4 is 21.6 Å². The lowest BCUT2D eigenvalue weighted by molar-refractivity contribution is -0.168. The molecule has 0 radical (unpaired) electrons. The van der Waals surface area contributed by atoms with Crippen molar-refractivity contribution in [2.45, 2.75) is 6.11 Å². The lowest BCUT2D eigenvalue weighted by atomic mass is 10.2. The fourth-order valence-electron chi connectivity index (χ4n) is 1.18. The Balaban J connectivity index is 2.47. The molecule has 6 heteroatoms. The van der Waals surface area contributed by atoms with E-state index >= 15 is 0 Å². The molecule has 0 unspecified atom stereocenters. The first-order chi connectivity index (χ1) is 6.48. The summed E-state index contributed by atoms with van der Waals surface area (Å²) >= 11 is 3.05. The minimum atomic E-state index is -3.36. The monoisotopic (exact) mass is 267 g/mol. The van der Waals surface area contributed by atoms with Crippen molar-refractivity contribution in [3.05, 3.63) is 22.4 Å². The van der Waals surface area contributed by atoms with Crippen LogP contribution in [0.5, 0.6) is 5.75 Å². The van der Waals surface area contributed by atoms with Gasteiger partial charge in [0, 0.05) is 4.47 Å². The number of nitrogens with one attached hydrogen (secondary N) is 1. The standard InChI is InChI=1S/C8H5BrF3NO/c9-4-1-5(10)7-6(2-4)13-3-8(11,12)14-7/h1-2,13H,3H2. The molecule has 0 amide bonds. The van der Waals surface area contributed by atoms with Gasteiger partial charge in [-0.2, -0.15) is 8.78 Å². The third-order valence-corrected chi connectivity index (χ3v) is 2.20. The van der Waals surface area contributed by atoms with Gasteiger partial charge in [-0.25, -0.2) is 4.39 Å². The van der Waals surface area contributed by atoms with Crippen LogP contribution in [-0.2, 0) is 0 Å². The van der Waals surface area contributed by atoms with Crippen LogP contribution in [0, 0.1) is 5.82 Å². The van der Waals surface area contributed by atoms with Crippen LogP contribution in [0.15, 0.2) is 16.6 Å². The van der Waals surface area contributed by atoms with Crippen LogP contribution >= 0.6 is 15.9 Å². The van der Waals surface area contributed by atoms with Crippen molar-refractivity contribution in [3.8, 4) is 5.75 Å². The van der Waals surface area contributed by atoms with Crippen LogP contribution in [0.3, 0.4) is 0 Å². The van der Waals surface area contributed by atoms with Crippen molar-refractivity contribution in [1.82, 2.24) is 0 Å². The number of alkyl halides is 2. The Labute approximate surface area is 86.2 Å². The van der Waals surface area contributed by atoms with E-state index < -0.39 is 24.2 Å². The molecule has 76 valence electrons. The third kappa shape index (κ3) is 1.66. The number of fused-ring (bicyclic) bond motifs is 1. The number of ether oxygens (including phenoxy) is 1. The van der Waals surface area contributed by atoms with E-state index in [2.05, 4.69) is 26.0 Å². The molecule has 0 bridgehead atoms. The molecule has 14 heavy (non-hydrogen) atoms. The summed E-state index contributed by atoms with van der Waals surface area (Å²) in [6.07, 6.45) is -3.36. The van der Waals surface area contributed by atoms with Gasteiger partial charge in [-0.15, -0.1) is 0 Å². The molecule has 1 aliphatic rings. The predicted octanol–water partition coefficient (Wildman–Crippen LogP) is 2.99. The molecule has 1 aliphatic heterocycles. The van der Waals surface area contributed by atoms with Gasteiger partial charge in [-0.1, -0.05) is 15.9 Å². The largest absolute Gasteiger partial charge is 0.426 e. The van der Waals surface area contributed by atoms with Crippen molar-refractivity contribution in [3.63, 3.8) is 0 Å². The zero-order valence-electron chi connectivity index (χ0n) is 6.78. The number of hydrogen-bond acceptors (Lipinski definition) is 2. The topological polar surface area (TPSA) is 21.3 Å². The van der Waals surface area contributed by atoms with Gasteiger partial charge < -0.3 is 10.1 Å². The van der Waals surface area contributed by atoms with Crippen LogP contribution < -0.4 is 10.1 Å². The van der Waals surface area contributed by atoms with Gasteiger partial charge in [0.25, 0.3) is 0 Å². The minimum absolute atomic E-state index is 0.225. The van der Waals surface area contributed by atoms with Gasteiger partial charge in [0.15, 0.2) is 11.6 Å². The molecule has 1 aromatic rings. The summed E-state index contributed by atoms with van der Waals surface area (Å²) in [4.78, 5) is 0. The van der Waals surface area contributed by atoms with E-state index in [9.17, 15) is 13.2 Å². The number of anilines is 1. The molecule has 0 saturated heterocycles. The zero-order valence-corrected chi connectivity index (χ0v) is 8.37. The second-order valence-corrected chi connectivity index (χ2v) is 3.77. The van der Waals surface area contributed by atoms with E-state index in [4.69, 9.17) is 0 Å². The molecule has 1 N–H and O–H groups in total. The molecule has 0 atom stereocenters. The molecule has 1 aromatic carbocycles. The third-order valence-electron chi connectivity index (χ3n) is 1.74. The number of rotatable bonds is 0. The van der Waals surface area contributed by atoms with E-state index in [1.165, 1.54) is 6.07 Å². The van der Waals surface area contributed by atoms with E-state index in [1.54, 1.807) is 0 Å². The normalized spacial score (nSPS) is 18.0. The average molecular weight is 268 g/mol. The number of hydrogen-bond donors (Lipinski definition) is 1. The number of halogens is 4. The van der Waals surface area contributed by atoms with Gasteiger partial charge >= 0.3 is 6.11 Å². The smallest absolute Gasteiger partial charge is 0.415 e. The lowest BCUT2D eigenvalue weighted by Gasteiger charge is -2.26. The van der Waals surface area contributed by atoms with Crippen molar-refractivity contribution in [2.24, 2.45) is 0 Å². The Bertz CT molecular complexity index is 383. The summed E-state index contributed by atoms with van der Waals surface area (Å²) < 4.78 is 43.2. The second kappa shape index (κ2) is 3.05. The van der Waals surface area contributed by atoms with Crippen LogP contribution in [0.25, 0.3) is 0 Å². The van der Waals surface area contributed by atoms with Gasteiger partial charge in [-0.3, -0.25) is 0 Å². The van der Waals surface area contributed by atoms with Crippen LogP contribution in [-0.4, -0.2) is 12.7 Å². The van der Waals surface area contributed by atoms with Crippen LogP contribution in [0.2, 0.25) is 0 Å². The Morgan fingerprint density at radius 1 is 1.43 bits per heavy atom. The molecular weight excluding hydrogens is 263 g/mol. The molecule has 0 spiro atoms. The highest BCUT2D eigenvalue weighted by Crippen LogP contribution is 2.38. The molecule has 0 fully saturated rings. The van der Waals surface area contributed by atoms with E-state index in [-0.39, 0.29) is 5.69 Å². The van der Waals surface area contributed by atoms with E-state index in [0.29, 0.717) is 4.47 Å². The van der Waals surface area contributed by atoms with Gasteiger partial charge in [0.2, 0.25) is 0 Å². The first kappa shape index (κ1) is 9.64. The quantitative estimate of drug-likeness (QED) is 0.781. The van der Waals surface area contributed by atoms with Crippen molar-refractivity contribution in [2.75, 3.05) is 11.9 Å². The molecular formula is C8H5BrF3NO. The lowest BCUT2D eigenvalue weighted by Crippen LogP contribution is -2.37. The summed E-state index contributed by atoms with van der Waals surface area (Å²) in [5, 5.41) is 2.39. The molecule has 0 aromatic heterocycles. The predicted molar refractivity (Wildman–Crippen MR) is 48.2 cm³/mol. The number of benzene rings is 1. The molecule has 0 aliphatic carbocycles. The Kier molecular flexibility index (Phi) is 2.10. The molecule has 2 nitrogen and oxygen atoms in total. The highest BCUT2D eigenvalue weighted by atomic mass is 79.9. The fraction of sp³-hybridized carbons (Fsp3) is 0.250. The van der Waals surface area contributed by atoms with Crippen molar-refractivity contribution in [1.29, 1.82) is 0 Å². The average Bonchev–Trinajstić information content (AvgIpc) is 2.06. The van der Waals surface area contributed by atoms with Gasteiger partial charge in [0.1, 0.15) is 6.54 Å². The second-order valence-electron chi connectivity index (χ2n) is 2.86. The maximum atomic E-state index is 13.1. The fourth-order valence-corrected chi connectivity index (χ4v) is 1.61. The molecule has 1 heterocycles. The first-order valence-electron chi connectivity index (χ1n) is 3.78. The van der Waals surface area contributed by atoms with Gasteiger partial charge in [-0.05, 0) is 12.1 Å². The molecule has 0 saturated carbocycles. The Hall–Kier alpha value is -0.910. The van der Waals surface area contributed by atoms with E-state index in [1.807, 2.05) is 0 Å². The van der Waals surface area contributed by atoms with Gasteiger partial charge in [0.05, 0.1) is 5.69 Å². The summed E-state index contributed by atoms with van der Waals surface area (Å²) in [6.45, 7) is -0.657. The Morgan fingerprint density at radius 3 is 2.86 bits per heavy atom. The summed E-state index contributed by atoms with van der Waals surface area (Å²) in [6, 6.07) is 2.55. The minimum Gasteiger partial charge on any atom is -0.426 e. The van der Waals surface area contributed by atoms with Crippen LogP contribution in [0.4, 0.5) is 18.9 Å². The summed E-state index contributed by atoms with van der Waals surface area (Å²) in [5.41, 5.74) is 0.225. The summed E-state index contributed by atoms with van der Waals surface area (Å²) in [7, 11) is 0. The first-order valence-corrected chi connectivity index (χ1v) is 4.57. The molecule has 2 rings (SSSR count). The van der Waals surface area contributed by atoms with Crippen molar-refractivity contribution < 1.29 is 17.9 Å².